The molecule has 0 fully saturated rings. The molecule has 1 amide bonds. The van der Waals surface area contributed by atoms with Crippen molar-refractivity contribution in [2.45, 2.75) is 6.42 Å². The summed E-state index contributed by atoms with van der Waals surface area (Å²) >= 11 is 8.98. The second-order valence-corrected chi connectivity index (χ2v) is 5.31. The van der Waals surface area contributed by atoms with Crippen molar-refractivity contribution in [3.63, 3.8) is 0 Å². The maximum Gasteiger partial charge on any atom is 0.228 e. The number of rotatable bonds is 3. The first-order chi connectivity index (χ1) is 9.47. The van der Waals surface area contributed by atoms with Crippen LogP contribution in [0.2, 0.25) is 5.02 Å². The van der Waals surface area contributed by atoms with Gasteiger partial charge in [0, 0.05) is 15.1 Å². The summed E-state index contributed by atoms with van der Waals surface area (Å²) in [6.07, 6.45) is -0.199. The number of halogens is 4. The molecule has 0 aliphatic rings. The molecule has 0 aromatic heterocycles. The largest absolute Gasteiger partial charge is 0.325 e. The van der Waals surface area contributed by atoms with Crippen LogP contribution in [0.3, 0.4) is 0 Å². The van der Waals surface area contributed by atoms with Gasteiger partial charge in [0.25, 0.3) is 0 Å². The topological polar surface area (TPSA) is 29.1 Å². The lowest BCUT2D eigenvalue weighted by atomic mass is 10.1. The van der Waals surface area contributed by atoms with Crippen molar-refractivity contribution in [3.8, 4) is 0 Å². The molecule has 0 unspecified atom stereocenters. The van der Waals surface area contributed by atoms with Crippen LogP contribution in [0.1, 0.15) is 5.56 Å². The summed E-state index contributed by atoms with van der Waals surface area (Å²) < 4.78 is 26.9. The smallest absolute Gasteiger partial charge is 0.228 e. The van der Waals surface area contributed by atoms with Crippen LogP contribution in [0.25, 0.3) is 0 Å². The van der Waals surface area contributed by atoms with E-state index in [0.29, 0.717) is 10.2 Å². The Labute approximate surface area is 127 Å². The van der Waals surface area contributed by atoms with Crippen molar-refractivity contribution in [2.24, 2.45) is 0 Å². The predicted octanol–water partition coefficient (Wildman–Crippen LogP) is 4.56. The maximum atomic E-state index is 13.6. The molecule has 0 saturated carbocycles. The molecule has 6 heteroatoms. The Hall–Kier alpha value is -1.46. The van der Waals surface area contributed by atoms with Crippen LogP contribution in [-0.4, -0.2) is 5.91 Å². The Morgan fingerprint density at radius 3 is 2.65 bits per heavy atom. The highest BCUT2D eigenvalue weighted by atomic mass is 79.9. The lowest BCUT2D eigenvalue weighted by Crippen LogP contribution is -2.16. The number of carbonyl (C=O) groups is 1. The van der Waals surface area contributed by atoms with Gasteiger partial charge < -0.3 is 5.32 Å². The number of anilines is 1. The zero-order valence-electron chi connectivity index (χ0n) is 10.1. The van der Waals surface area contributed by atoms with Crippen molar-refractivity contribution in [3.05, 3.63) is 63.1 Å². The number of carbonyl (C=O) groups excluding carboxylic acids is 1. The van der Waals surface area contributed by atoms with E-state index in [1.807, 2.05) is 0 Å². The molecule has 2 aromatic rings. The lowest BCUT2D eigenvalue weighted by molar-refractivity contribution is -0.115. The van der Waals surface area contributed by atoms with Gasteiger partial charge in [0.05, 0.1) is 12.1 Å². The Morgan fingerprint density at radius 2 is 2.00 bits per heavy atom. The summed E-state index contributed by atoms with van der Waals surface area (Å²) in [7, 11) is 0. The van der Waals surface area contributed by atoms with Gasteiger partial charge in [0.15, 0.2) is 0 Å². The summed E-state index contributed by atoms with van der Waals surface area (Å²) in [5.74, 6) is -1.40. The molecule has 20 heavy (non-hydrogen) atoms. The molecule has 1 N–H and O–H groups in total. The molecular weight excluding hydrogens is 352 g/mol. The number of amides is 1. The molecule has 0 saturated heterocycles. The third-order valence-electron chi connectivity index (χ3n) is 2.60. The first-order valence-corrected chi connectivity index (χ1v) is 6.82. The van der Waals surface area contributed by atoms with E-state index in [0.717, 1.165) is 0 Å². The monoisotopic (exact) mass is 359 g/mol. The van der Waals surface area contributed by atoms with Gasteiger partial charge in [-0.15, -0.1) is 0 Å². The van der Waals surface area contributed by atoms with Gasteiger partial charge in [-0.3, -0.25) is 4.79 Å². The Kier molecular flexibility index (Phi) is 4.73. The van der Waals surface area contributed by atoms with Crippen molar-refractivity contribution in [1.82, 2.24) is 0 Å². The summed E-state index contributed by atoms with van der Waals surface area (Å²) in [5, 5.41) is 2.76. The minimum Gasteiger partial charge on any atom is -0.325 e. The van der Waals surface area contributed by atoms with E-state index < -0.39 is 17.5 Å². The number of benzene rings is 2. The van der Waals surface area contributed by atoms with Crippen molar-refractivity contribution >= 4 is 39.1 Å². The number of hydrogen-bond acceptors (Lipinski definition) is 1. The van der Waals surface area contributed by atoms with E-state index in [4.69, 9.17) is 11.6 Å². The van der Waals surface area contributed by atoms with Crippen molar-refractivity contribution < 1.29 is 13.6 Å². The molecule has 2 nitrogen and oxygen atoms in total. The summed E-state index contributed by atoms with van der Waals surface area (Å²) in [6, 6.07) is 8.08. The molecule has 0 aliphatic carbocycles. The van der Waals surface area contributed by atoms with Crippen LogP contribution >= 0.6 is 27.5 Å². The quantitative estimate of drug-likeness (QED) is 0.854. The van der Waals surface area contributed by atoms with Crippen LogP contribution in [0.15, 0.2) is 40.9 Å². The maximum absolute atomic E-state index is 13.6. The molecule has 0 bridgehead atoms. The number of nitrogens with one attached hydrogen (secondary N) is 1. The van der Waals surface area contributed by atoms with Gasteiger partial charge in [0.2, 0.25) is 5.91 Å². The lowest BCUT2D eigenvalue weighted by Gasteiger charge is -2.09. The first-order valence-electron chi connectivity index (χ1n) is 5.65. The molecule has 0 spiro atoms. The van der Waals surface area contributed by atoms with Gasteiger partial charge in [-0.1, -0.05) is 17.7 Å². The van der Waals surface area contributed by atoms with E-state index >= 15 is 0 Å². The van der Waals surface area contributed by atoms with E-state index in [1.54, 1.807) is 0 Å². The summed E-state index contributed by atoms with van der Waals surface area (Å²) in [4.78, 5) is 11.9. The molecule has 0 radical (unpaired) electrons. The highest BCUT2D eigenvalue weighted by Crippen LogP contribution is 2.24. The predicted molar refractivity (Wildman–Crippen MR) is 77.8 cm³/mol. The SMILES string of the molecule is O=C(Cc1c(F)cccc1Cl)Nc1ccc(F)cc1Br. The van der Waals surface area contributed by atoms with Gasteiger partial charge in [-0.05, 0) is 46.3 Å². The van der Waals surface area contributed by atoms with Crippen LogP contribution in [0.5, 0.6) is 0 Å². The van der Waals surface area contributed by atoms with Gasteiger partial charge in [-0.25, -0.2) is 8.78 Å². The minimum atomic E-state index is -0.536. The fourth-order valence-corrected chi connectivity index (χ4v) is 2.33. The third kappa shape index (κ3) is 3.55. The van der Waals surface area contributed by atoms with E-state index in [2.05, 4.69) is 21.2 Å². The van der Waals surface area contributed by atoms with E-state index in [1.165, 1.54) is 36.4 Å². The average Bonchev–Trinajstić information content (AvgIpc) is 2.37. The second-order valence-electron chi connectivity index (χ2n) is 4.05. The normalized spacial score (nSPS) is 10.4. The van der Waals surface area contributed by atoms with E-state index in [9.17, 15) is 13.6 Å². The molecule has 0 heterocycles. The van der Waals surface area contributed by atoms with Crippen molar-refractivity contribution in [2.75, 3.05) is 5.32 Å². The summed E-state index contributed by atoms with van der Waals surface area (Å²) in [6.45, 7) is 0. The summed E-state index contributed by atoms with van der Waals surface area (Å²) in [5.41, 5.74) is 0.536. The second kappa shape index (κ2) is 6.33. The molecule has 0 atom stereocenters. The van der Waals surface area contributed by atoms with Crippen LogP contribution in [0.4, 0.5) is 14.5 Å². The van der Waals surface area contributed by atoms with Crippen LogP contribution in [0, 0.1) is 11.6 Å². The van der Waals surface area contributed by atoms with E-state index in [-0.39, 0.29) is 17.0 Å². The zero-order chi connectivity index (χ0) is 14.7. The van der Waals surface area contributed by atoms with Crippen LogP contribution in [-0.2, 0) is 11.2 Å². The first kappa shape index (κ1) is 14.9. The Morgan fingerprint density at radius 1 is 1.25 bits per heavy atom. The highest BCUT2D eigenvalue weighted by molar-refractivity contribution is 9.10. The van der Waals surface area contributed by atoms with Gasteiger partial charge >= 0.3 is 0 Å². The fourth-order valence-electron chi connectivity index (χ4n) is 1.65. The molecule has 2 rings (SSSR count). The van der Waals surface area contributed by atoms with Gasteiger partial charge in [-0.2, -0.15) is 0 Å². The molecule has 104 valence electrons. The Bertz CT molecular complexity index is 643. The molecule has 2 aromatic carbocycles. The van der Waals surface area contributed by atoms with Gasteiger partial charge in [0.1, 0.15) is 11.6 Å². The molecule has 0 aliphatic heterocycles. The highest BCUT2D eigenvalue weighted by Gasteiger charge is 2.13. The third-order valence-corrected chi connectivity index (χ3v) is 3.61. The average molecular weight is 361 g/mol. The Balaban J connectivity index is 2.13. The fraction of sp³-hybridized carbons (Fsp3) is 0.0714. The van der Waals surface area contributed by atoms with Crippen LogP contribution < -0.4 is 5.32 Å². The minimum absolute atomic E-state index is 0.130. The van der Waals surface area contributed by atoms with Crippen molar-refractivity contribution in [1.29, 1.82) is 0 Å². The number of hydrogen-bond donors (Lipinski definition) is 1. The zero-order valence-corrected chi connectivity index (χ0v) is 12.4. The molecular formula is C14H9BrClF2NO. The standard InChI is InChI=1S/C14H9BrClF2NO/c15-10-6-8(17)4-5-13(10)19-14(20)7-9-11(16)2-1-3-12(9)18/h1-6H,7H2,(H,19,20).